The van der Waals surface area contributed by atoms with Gasteiger partial charge in [0.25, 0.3) is 6.33 Å². The number of aromatic nitrogens is 4. The van der Waals surface area contributed by atoms with E-state index < -0.39 is 0 Å². The van der Waals surface area contributed by atoms with Crippen LogP contribution in [0, 0.1) is 6.33 Å². The lowest BCUT2D eigenvalue weighted by atomic mass is 9.95. The number of pyridine rings is 1. The van der Waals surface area contributed by atoms with Gasteiger partial charge in [0.2, 0.25) is 0 Å². The van der Waals surface area contributed by atoms with Crippen LogP contribution in [-0.2, 0) is 0 Å². The number of hydrogen-bond acceptors (Lipinski definition) is 3. The SMILES string of the molecule is [c-]1n(-c2cccc(Oc3ccc4c5ccccc5n(-c5cc(Oc6ccccc6)ccn5)c4c3)c2)c2ccccc2[n+]1-c1c(-c2ccccc2)cccc1-c1ccccc1. The van der Waals surface area contributed by atoms with Crippen molar-refractivity contribution < 1.29 is 14.0 Å². The summed E-state index contributed by atoms with van der Waals surface area (Å²) in [5, 5.41) is 2.23. The van der Waals surface area contributed by atoms with Gasteiger partial charge in [0, 0.05) is 29.1 Å². The first kappa shape index (κ1) is 35.0. The maximum Gasteiger partial charge on any atom is 0.269 e. The van der Waals surface area contributed by atoms with Crippen LogP contribution in [0.4, 0.5) is 0 Å². The fourth-order valence-electron chi connectivity index (χ4n) is 8.20. The average molecular weight is 773 g/mol. The normalized spacial score (nSPS) is 11.3. The van der Waals surface area contributed by atoms with E-state index >= 15 is 0 Å². The second-order valence-electron chi connectivity index (χ2n) is 14.6. The molecule has 0 N–H and O–H groups in total. The molecular formula is C54H36N4O2. The highest BCUT2D eigenvalue weighted by Crippen LogP contribution is 2.37. The molecule has 6 heteroatoms. The minimum atomic E-state index is 0.705. The van der Waals surface area contributed by atoms with Crippen LogP contribution in [0.15, 0.2) is 219 Å². The molecule has 0 fully saturated rings. The van der Waals surface area contributed by atoms with Crippen molar-refractivity contribution in [1.29, 1.82) is 0 Å². The average Bonchev–Trinajstić information content (AvgIpc) is 3.86. The molecule has 0 aliphatic rings. The second kappa shape index (κ2) is 14.9. The molecule has 0 aliphatic carbocycles. The number of hydrogen-bond donors (Lipinski definition) is 0. The van der Waals surface area contributed by atoms with Crippen molar-refractivity contribution in [3.05, 3.63) is 225 Å². The van der Waals surface area contributed by atoms with Crippen LogP contribution >= 0.6 is 0 Å². The highest BCUT2D eigenvalue weighted by molar-refractivity contribution is 6.09. The molecule has 11 rings (SSSR count). The summed E-state index contributed by atoms with van der Waals surface area (Å²) in [6.45, 7) is 0. The molecule has 6 nitrogen and oxygen atoms in total. The fourth-order valence-corrected chi connectivity index (χ4v) is 8.20. The Labute approximate surface area is 347 Å². The Morgan fingerprint density at radius 1 is 0.433 bits per heavy atom. The summed E-state index contributed by atoms with van der Waals surface area (Å²) >= 11 is 0. The third-order valence-electron chi connectivity index (χ3n) is 10.9. The monoisotopic (exact) mass is 772 g/mol. The Balaban J connectivity index is 0.998. The first-order valence-electron chi connectivity index (χ1n) is 20.0. The molecule has 0 radical (unpaired) electrons. The Bertz CT molecular complexity index is 3260. The van der Waals surface area contributed by atoms with Gasteiger partial charge in [0.05, 0.1) is 33.4 Å². The van der Waals surface area contributed by atoms with Crippen LogP contribution in [0.2, 0.25) is 0 Å². The Kier molecular flexibility index (Phi) is 8.71. The zero-order chi connectivity index (χ0) is 39.8. The summed E-state index contributed by atoms with van der Waals surface area (Å²) in [7, 11) is 0. The maximum absolute atomic E-state index is 6.70. The van der Waals surface area contributed by atoms with E-state index in [1.807, 2.05) is 60.7 Å². The van der Waals surface area contributed by atoms with Crippen LogP contribution in [0.25, 0.3) is 72.3 Å². The van der Waals surface area contributed by atoms with Crippen LogP contribution in [0.3, 0.4) is 0 Å². The number of benzene rings is 8. The number of fused-ring (bicyclic) bond motifs is 4. The van der Waals surface area contributed by atoms with E-state index in [2.05, 4.69) is 172 Å². The molecule has 11 aromatic rings. The van der Waals surface area contributed by atoms with E-state index in [4.69, 9.17) is 14.5 Å². The van der Waals surface area contributed by atoms with Gasteiger partial charge in [0.1, 0.15) is 28.8 Å². The maximum atomic E-state index is 6.70. The van der Waals surface area contributed by atoms with Gasteiger partial charge in [-0.3, -0.25) is 13.7 Å². The Morgan fingerprint density at radius 3 is 1.78 bits per heavy atom. The first-order valence-corrected chi connectivity index (χ1v) is 20.0. The third kappa shape index (κ3) is 6.33. The van der Waals surface area contributed by atoms with Crippen molar-refractivity contribution in [2.45, 2.75) is 0 Å². The number of rotatable bonds is 9. The van der Waals surface area contributed by atoms with Crippen molar-refractivity contribution in [2.24, 2.45) is 0 Å². The molecule has 0 unspecified atom stereocenters. The zero-order valence-corrected chi connectivity index (χ0v) is 32.4. The lowest BCUT2D eigenvalue weighted by molar-refractivity contribution is -0.571. The Morgan fingerprint density at radius 2 is 1.02 bits per heavy atom. The van der Waals surface area contributed by atoms with Crippen LogP contribution in [0.5, 0.6) is 23.0 Å². The predicted molar refractivity (Wildman–Crippen MR) is 240 cm³/mol. The summed E-state index contributed by atoms with van der Waals surface area (Å²) in [4.78, 5) is 4.81. The summed E-state index contributed by atoms with van der Waals surface area (Å²) < 4.78 is 19.4. The van der Waals surface area contributed by atoms with Gasteiger partial charge >= 0.3 is 0 Å². The molecule has 0 spiro atoms. The predicted octanol–water partition coefficient (Wildman–Crippen LogP) is 13.1. The fraction of sp³-hybridized carbons (Fsp3) is 0. The van der Waals surface area contributed by atoms with E-state index in [0.29, 0.717) is 17.2 Å². The highest BCUT2D eigenvalue weighted by atomic mass is 16.5. The number of ether oxygens (including phenoxy) is 2. The quantitative estimate of drug-likeness (QED) is 0.108. The van der Waals surface area contributed by atoms with Crippen molar-refractivity contribution in [3.63, 3.8) is 0 Å². The van der Waals surface area contributed by atoms with Crippen LogP contribution in [0.1, 0.15) is 0 Å². The number of imidazole rings is 1. The van der Waals surface area contributed by atoms with Gasteiger partial charge in [-0.1, -0.05) is 146 Å². The van der Waals surface area contributed by atoms with Gasteiger partial charge in [-0.25, -0.2) is 4.98 Å². The zero-order valence-electron chi connectivity index (χ0n) is 32.4. The van der Waals surface area contributed by atoms with E-state index in [-0.39, 0.29) is 0 Å². The lowest BCUT2D eigenvalue weighted by Gasteiger charge is -2.17. The van der Waals surface area contributed by atoms with Crippen molar-refractivity contribution in [3.8, 4) is 62.4 Å². The van der Waals surface area contributed by atoms with E-state index in [0.717, 1.165) is 78.0 Å². The van der Waals surface area contributed by atoms with Crippen molar-refractivity contribution in [1.82, 2.24) is 14.1 Å². The summed E-state index contributed by atoms with van der Waals surface area (Å²) in [5.74, 6) is 3.64. The van der Waals surface area contributed by atoms with E-state index in [1.165, 1.54) is 0 Å². The summed E-state index contributed by atoms with van der Waals surface area (Å²) in [6, 6.07) is 72.6. The second-order valence-corrected chi connectivity index (χ2v) is 14.6. The topological polar surface area (TPSA) is 45.1 Å². The molecule has 0 saturated heterocycles. The first-order chi connectivity index (χ1) is 29.7. The van der Waals surface area contributed by atoms with E-state index in [1.54, 1.807) is 6.20 Å². The van der Waals surface area contributed by atoms with Crippen molar-refractivity contribution in [2.75, 3.05) is 0 Å². The third-order valence-corrected chi connectivity index (χ3v) is 10.9. The molecule has 3 heterocycles. The van der Waals surface area contributed by atoms with Crippen LogP contribution < -0.4 is 14.0 Å². The van der Waals surface area contributed by atoms with Gasteiger partial charge in [-0.15, -0.1) is 0 Å². The molecule has 284 valence electrons. The van der Waals surface area contributed by atoms with Gasteiger partial charge in [-0.05, 0) is 76.9 Å². The summed E-state index contributed by atoms with van der Waals surface area (Å²) in [5.41, 5.74) is 10.6. The molecule has 60 heavy (non-hydrogen) atoms. The van der Waals surface area contributed by atoms with Crippen molar-refractivity contribution >= 4 is 32.8 Å². The minimum absolute atomic E-state index is 0.705. The van der Waals surface area contributed by atoms with E-state index in [9.17, 15) is 0 Å². The van der Waals surface area contributed by atoms with Gasteiger partial charge in [0.15, 0.2) is 0 Å². The summed E-state index contributed by atoms with van der Waals surface area (Å²) in [6.07, 6.45) is 5.56. The smallest absolute Gasteiger partial charge is 0.269 e. The Hall–Kier alpha value is -8.22. The molecule has 0 bridgehead atoms. The molecule has 3 aromatic heterocycles. The number of nitrogens with zero attached hydrogens (tertiary/aromatic N) is 4. The van der Waals surface area contributed by atoms with Gasteiger partial charge in [-0.2, -0.15) is 0 Å². The number of para-hydroxylation sites is 5. The molecule has 0 amide bonds. The van der Waals surface area contributed by atoms with Gasteiger partial charge < -0.3 is 9.47 Å². The van der Waals surface area contributed by atoms with Crippen LogP contribution in [-0.4, -0.2) is 14.1 Å². The molecule has 0 atom stereocenters. The molecule has 0 aliphatic heterocycles. The molecule has 0 saturated carbocycles. The standard InChI is InChI=1S/C54H36N4O2/c1-4-16-38(17-5-1)45-25-15-26-46(39-18-6-2-7-19-39)54(45)57-37-56(50-28-12-13-29-51(50)57)40-20-14-23-42(34-40)60-43-30-31-48-47-24-10-11-27-49(47)58(52(48)35-43)53-36-44(32-33-55-53)59-41-21-8-3-9-22-41/h1-36H. The molecule has 8 aromatic carbocycles. The molecular weight excluding hydrogens is 737 g/mol. The largest absolute Gasteiger partial charge is 0.458 e. The highest BCUT2D eigenvalue weighted by Gasteiger charge is 2.20. The lowest BCUT2D eigenvalue weighted by Crippen LogP contribution is -2.31. The minimum Gasteiger partial charge on any atom is -0.458 e.